The molecule has 0 unspecified atom stereocenters. The largest absolute Gasteiger partial charge is 0.326 e. The maximum Gasteiger partial charge on any atom is 0.176 e. The summed E-state index contributed by atoms with van der Waals surface area (Å²) in [6.45, 7) is 2.91. The highest BCUT2D eigenvalue weighted by atomic mass is 32.2. The van der Waals surface area contributed by atoms with Crippen LogP contribution in [0.5, 0.6) is 0 Å². The molecular weight excluding hydrogens is 236 g/mol. The number of carbonyl (C=O) groups is 1. The number of hydrogen-bond donors (Lipinski definition) is 0. The summed E-state index contributed by atoms with van der Waals surface area (Å²) in [6.07, 6.45) is 6.99. The van der Waals surface area contributed by atoms with Crippen molar-refractivity contribution in [3.05, 3.63) is 30.4 Å². The number of ketones is 1. The first-order valence-corrected chi connectivity index (χ1v) is 6.35. The van der Waals surface area contributed by atoms with Gasteiger partial charge in [0.25, 0.3) is 0 Å². The number of Topliss-reactive ketones (excluding diaryl/α,β-unsaturated/α-hetero) is 1. The molecule has 0 spiro atoms. The Morgan fingerprint density at radius 2 is 2.35 bits per heavy atom. The maximum absolute atomic E-state index is 11.8. The fourth-order valence-electron chi connectivity index (χ4n) is 1.45. The lowest BCUT2D eigenvalue weighted by atomic mass is 10.3. The Morgan fingerprint density at radius 3 is 3.00 bits per heavy atom. The Labute approximate surface area is 104 Å². The molecule has 17 heavy (non-hydrogen) atoms. The maximum atomic E-state index is 11.8. The van der Waals surface area contributed by atoms with Crippen LogP contribution in [-0.2, 0) is 13.6 Å². The highest BCUT2D eigenvalue weighted by Crippen LogP contribution is 2.17. The molecule has 0 N–H and O–H groups in total. The predicted octanol–water partition coefficient (Wildman–Crippen LogP) is 1.61. The molecule has 90 valence electrons. The first-order chi connectivity index (χ1) is 8.20. The van der Waals surface area contributed by atoms with E-state index < -0.39 is 0 Å². The van der Waals surface area contributed by atoms with Gasteiger partial charge in [0.1, 0.15) is 0 Å². The number of aromatic nitrogens is 4. The summed E-state index contributed by atoms with van der Waals surface area (Å²) >= 11 is 1.46. The number of nitrogens with zero attached hydrogens (tertiary/aromatic N) is 4. The average Bonchev–Trinajstić information content (AvgIpc) is 2.94. The van der Waals surface area contributed by atoms with Crippen molar-refractivity contribution >= 4 is 17.5 Å². The first kappa shape index (κ1) is 11.9. The van der Waals surface area contributed by atoms with Crippen LogP contribution in [0.4, 0.5) is 0 Å². The van der Waals surface area contributed by atoms with E-state index in [1.54, 1.807) is 30.3 Å². The normalized spacial score (nSPS) is 10.7. The SMILES string of the molecule is CCn1ccnc1SCC(=O)c1cnn(C)c1. The average molecular weight is 250 g/mol. The molecule has 0 aromatic carbocycles. The van der Waals surface area contributed by atoms with E-state index >= 15 is 0 Å². The molecule has 2 aromatic rings. The minimum atomic E-state index is 0.0775. The second kappa shape index (κ2) is 5.18. The first-order valence-electron chi connectivity index (χ1n) is 5.36. The Hall–Kier alpha value is -1.56. The smallest absolute Gasteiger partial charge is 0.176 e. The highest BCUT2D eigenvalue weighted by Gasteiger charge is 2.10. The lowest BCUT2D eigenvalue weighted by molar-refractivity contribution is 0.102. The van der Waals surface area contributed by atoms with Gasteiger partial charge in [0.05, 0.1) is 17.5 Å². The number of rotatable bonds is 5. The van der Waals surface area contributed by atoms with Crippen LogP contribution in [0, 0.1) is 0 Å². The number of thioether (sulfide) groups is 1. The van der Waals surface area contributed by atoms with E-state index in [4.69, 9.17) is 0 Å². The minimum absolute atomic E-state index is 0.0775. The molecule has 0 fully saturated rings. The van der Waals surface area contributed by atoms with Crippen molar-refractivity contribution in [3.8, 4) is 0 Å². The van der Waals surface area contributed by atoms with Crippen molar-refractivity contribution in [1.82, 2.24) is 19.3 Å². The Balaban J connectivity index is 1.97. The van der Waals surface area contributed by atoms with E-state index in [1.165, 1.54) is 11.8 Å². The molecule has 0 radical (unpaired) electrons. The zero-order valence-corrected chi connectivity index (χ0v) is 10.6. The quantitative estimate of drug-likeness (QED) is 0.597. The number of imidazole rings is 1. The van der Waals surface area contributed by atoms with Crippen LogP contribution in [0.15, 0.2) is 29.9 Å². The van der Waals surface area contributed by atoms with Gasteiger partial charge < -0.3 is 4.57 Å². The molecule has 0 aliphatic carbocycles. The zero-order chi connectivity index (χ0) is 12.3. The number of hydrogen-bond acceptors (Lipinski definition) is 4. The third kappa shape index (κ3) is 2.76. The summed E-state index contributed by atoms with van der Waals surface area (Å²) in [5.41, 5.74) is 0.648. The molecule has 2 aromatic heterocycles. The van der Waals surface area contributed by atoms with Crippen molar-refractivity contribution in [2.24, 2.45) is 7.05 Å². The third-order valence-corrected chi connectivity index (χ3v) is 3.38. The summed E-state index contributed by atoms with van der Waals surface area (Å²) in [4.78, 5) is 16.1. The van der Waals surface area contributed by atoms with Crippen molar-refractivity contribution in [2.45, 2.75) is 18.6 Å². The van der Waals surface area contributed by atoms with Gasteiger partial charge in [-0.25, -0.2) is 4.98 Å². The van der Waals surface area contributed by atoms with E-state index in [9.17, 15) is 4.79 Å². The van der Waals surface area contributed by atoms with Gasteiger partial charge >= 0.3 is 0 Å². The monoisotopic (exact) mass is 250 g/mol. The molecule has 2 rings (SSSR count). The van der Waals surface area contributed by atoms with Crippen LogP contribution in [0.2, 0.25) is 0 Å². The van der Waals surface area contributed by atoms with Gasteiger partial charge in [0.15, 0.2) is 10.9 Å². The summed E-state index contributed by atoms with van der Waals surface area (Å²) in [5, 5.41) is 4.86. The molecule has 0 aliphatic heterocycles. The molecule has 0 saturated heterocycles. The van der Waals surface area contributed by atoms with Gasteiger partial charge in [0, 0.05) is 32.2 Å². The lowest BCUT2D eigenvalue weighted by Gasteiger charge is -2.02. The van der Waals surface area contributed by atoms with E-state index in [-0.39, 0.29) is 5.78 Å². The molecule has 2 heterocycles. The van der Waals surface area contributed by atoms with Gasteiger partial charge in [-0.05, 0) is 6.92 Å². The van der Waals surface area contributed by atoms with Crippen molar-refractivity contribution in [1.29, 1.82) is 0 Å². The van der Waals surface area contributed by atoms with E-state index in [1.807, 2.05) is 10.8 Å². The second-order valence-electron chi connectivity index (χ2n) is 3.61. The molecule has 0 aliphatic rings. The molecule has 0 amide bonds. The molecular formula is C11H14N4OS. The van der Waals surface area contributed by atoms with Gasteiger partial charge in [-0.2, -0.15) is 5.10 Å². The van der Waals surface area contributed by atoms with Crippen LogP contribution in [0.3, 0.4) is 0 Å². The highest BCUT2D eigenvalue weighted by molar-refractivity contribution is 7.99. The Bertz CT molecular complexity index is 517. The molecule has 5 nitrogen and oxygen atoms in total. The second-order valence-corrected chi connectivity index (χ2v) is 4.55. The summed E-state index contributed by atoms with van der Waals surface area (Å²) in [5.74, 6) is 0.469. The van der Waals surface area contributed by atoms with Crippen LogP contribution in [0.25, 0.3) is 0 Å². The Morgan fingerprint density at radius 1 is 1.53 bits per heavy atom. The van der Waals surface area contributed by atoms with Crippen molar-refractivity contribution in [3.63, 3.8) is 0 Å². The third-order valence-electron chi connectivity index (χ3n) is 2.38. The lowest BCUT2D eigenvalue weighted by Crippen LogP contribution is -2.03. The van der Waals surface area contributed by atoms with Crippen molar-refractivity contribution < 1.29 is 4.79 Å². The Kier molecular flexibility index (Phi) is 3.63. The fraction of sp³-hybridized carbons (Fsp3) is 0.364. The summed E-state index contributed by atoms with van der Waals surface area (Å²) < 4.78 is 3.64. The predicted molar refractivity (Wildman–Crippen MR) is 66.2 cm³/mol. The molecule has 6 heteroatoms. The number of carbonyl (C=O) groups excluding carboxylic acids is 1. The van der Waals surface area contributed by atoms with Gasteiger partial charge in [-0.3, -0.25) is 9.48 Å². The van der Waals surface area contributed by atoms with Crippen LogP contribution >= 0.6 is 11.8 Å². The van der Waals surface area contributed by atoms with Crippen LogP contribution in [0.1, 0.15) is 17.3 Å². The summed E-state index contributed by atoms with van der Waals surface area (Å²) in [6, 6.07) is 0. The van der Waals surface area contributed by atoms with E-state index in [2.05, 4.69) is 17.0 Å². The van der Waals surface area contributed by atoms with Crippen LogP contribution < -0.4 is 0 Å². The molecule has 0 saturated carbocycles. The molecule has 0 atom stereocenters. The van der Waals surface area contributed by atoms with E-state index in [0.717, 1.165) is 11.7 Å². The number of aryl methyl sites for hydroxylation is 2. The minimum Gasteiger partial charge on any atom is -0.326 e. The van der Waals surface area contributed by atoms with Crippen molar-refractivity contribution in [2.75, 3.05) is 5.75 Å². The standard InChI is InChI=1S/C11H14N4OS/c1-3-15-5-4-12-11(15)17-8-10(16)9-6-13-14(2)7-9/h4-7H,3,8H2,1-2H3. The van der Waals surface area contributed by atoms with Gasteiger partial charge in [-0.15, -0.1) is 0 Å². The van der Waals surface area contributed by atoms with Gasteiger partial charge in [-0.1, -0.05) is 11.8 Å². The fourth-order valence-corrected chi connectivity index (χ4v) is 2.37. The van der Waals surface area contributed by atoms with Gasteiger partial charge in [0.2, 0.25) is 0 Å². The van der Waals surface area contributed by atoms with E-state index in [0.29, 0.717) is 11.3 Å². The zero-order valence-electron chi connectivity index (χ0n) is 9.83. The topological polar surface area (TPSA) is 52.7 Å². The summed E-state index contributed by atoms with van der Waals surface area (Å²) in [7, 11) is 1.80. The van der Waals surface area contributed by atoms with Crippen LogP contribution in [-0.4, -0.2) is 30.9 Å². The molecule has 0 bridgehead atoms.